The first-order valence-electron chi connectivity index (χ1n) is 7.55. The summed E-state index contributed by atoms with van der Waals surface area (Å²) in [6.45, 7) is 7.84. The van der Waals surface area contributed by atoms with Crippen LogP contribution in [0.4, 0.5) is 0 Å². The van der Waals surface area contributed by atoms with Crippen molar-refractivity contribution in [1.29, 1.82) is 0 Å². The Morgan fingerprint density at radius 2 is 2.00 bits per heavy atom. The molecule has 0 bridgehead atoms. The zero-order chi connectivity index (χ0) is 12.8. The molecule has 4 unspecified atom stereocenters. The lowest BCUT2D eigenvalue weighted by Gasteiger charge is -2.43. The molecule has 2 nitrogen and oxygen atoms in total. The third-order valence-electron chi connectivity index (χ3n) is 4.87. The molecular weight excluding hydrogens is 208 g/mol. The van der Waals surface area contributed by atoms with E-state index < -0.39 is 0 Å². The second-order valence-electron chi connectivity index (χ2n) is 5.95. The van der Waals surface area contributed by atoms with E-state index in [0.717, 1.165) is 24.4 Å². The van der Waals surface area contributed by atoms with Gasteiger partial charge in [0.05, 0.1) is 0 Å². The van der Waals surface area contributed by atoms with Gasteiger partial charge in [-0.3, -0.25) is 0 Å². The fraction of sp³-hybridized carbons (Fsp3) is 1.00. The number of rotatable bonds is 6. The molecule has 1 aliphatic carbocycles. The molecule has 2 N–H and O–H groups in total. The summed E-state index contributed by atoms with van der Waals surface area (Å²) in [5, 5.41) is 0. The van der Waals surface area contributed by atoms with Crippen LogP contribution in [0.15, 0.2) is 0 Å². The Hall–Kier alpha value is -0.0800. The van der Waals surface area contributed by atoms with Gasteiger partial charge in [-0.1, -0.05) is 33.1 Å². The van der Waals surface area contributed by atoms with Gasteiger partial charge in [0.15, 0.2) is 0 Å². The molecule has 1 fully saturated rings. The number of hydrogen-bond acceptors (Lipinski definition) is 2. The SMILES string of the molecule is CCCC(C)N(C)C1CC(CC)CCC1CN. The normalized spacial score (nSPS) is 31.8. The van der Waals surface area contributed by atoms with Crippen LogP contribution in [0.2, 0.25) is 0 Å². The van der Waals surface area contributed by atoms with E-state index in [0.29, 0.717) is 6.04 Å². The van der Waals surface area contributed by atoms with Crippen molar-refractivity contribution in [1.82, 2.24) is 4.90 Å². The van der Waals surface area contributed by atoms with Crippen LogP contribution in [-0.4, -0.2) is 30.6 Å². The molecule has 1 aliphatic rings. The monoisotopic (exact) mass is 240 g/mol. The van der Waals surface area contributed by atoms with Crippen molar-refractivity contribution in [3.8, 4) is 0 Å². The quantitative estimate of drug-likeness (QED) is 0.772. The molecule has 1 rings (SSSR count). The van der Waals surface area contributed by atoms with E-state index in [2.05, 4.69) is 32.7 Å². The summed E-state index contributed by atoms with van der Waals surface area (Å²) in [5.74, 6) is 1.65. The van der Waals surface area contributed by atoms with E-state index >= 15 is 0 Å². The Labute approximate surface area is 108 Å². The van der Waals surface area contributed by atoms with Gasteiger partial charge in [0.2, 0.25) is 0 Å². The molecule has 17 heavy (non-hydrogen) atoms. The Morgan fingerprint density at radius 3 is 2.53 bits per heavy atom. The van der Waals surface area contributed by atoms with Gasteiger partial charge in [-0.05, 0) is 51.6 Å². The highest BCUT2D eigenvalue weighted by Crippen LogP contribution is 2.34. The van der Waals surface area contributed by atoms with Gasteiger partial charge in [-0.25, -0.2) is 0 Å². The highest BCUT2D eigenvalue weighted by Gasteiger charge is 2.32. The van der Waals surface area contributed by atoms with Crippen molar-refractivity contribution in [3.05, 3.63) is 0 Å². The molecule has 4 atom stereocenters. The Kier molecular flexibility index (Phi) is 6.50. The van der Waals surface area contributed by atoms with Gasteiger partial charge in [0.1, 0.15) is 0 Å². The highest BCUT2D eigenvalue weighted by molar-refractivity contribution is 4.87. The molecule has 102 valence electrons. The molecule has 0 radical (unpaired) electrons. The fourth-order valence-electron chi connectivity index (χ4n) is 3.39. The highest BCUT2D eigenvalue weighted by atomic mass is 15.2. The van der Waals surface area contributed by atoms with E-state index in [4.69, 9.17) is 5.73 Å². The summed E-state index contributed by atoms with van der Waals surface area (Å²) in [6, 6.07) is 1.43. The third-order valence-corrected chi connectivity index (χ3v) is 4.87. The van der Waals surface area contributed by atoms with Gasteiger partial charge < -0.3 is 10.6 Å². The summed E-state index contributed by atoms with van der Waals surface area (Å²) in [5.41, 5.74) is 5.97. The molecule has 0 aromatic heterocycles. The maximum Gasteiger partial charge on any atom is 0.0138 e. The average molecular weight is 240 g/mol. The molecule has 0 heterocycles. The average Bonchev–Trinajstić information content (AvgIpc) is 2.37. The van der Waals surface area contributed by atoms with Gasteiger partial charge in [0, 0.05) is 12.1 Å². The van der Waals surface area contributed by atoms with Crippen molar-refractivity contribution in [2.24, 2.45) is 17.6 Å². The molecule has 0 amide bonds. The van der Waals surface area contributed by atoms with Gasteiger partial charge >= 0.3 is 0 Å². The Balaban J connectivity index is 2.61. The topological polar surface area (TPSA) is 29.3 Å². The van der Waals surface area contributed by atoms with Crippen molar-refractivity contribution in [2.75, 3.05) is 13.6 Å². The molecule has 2 heteroatoms. The smallest absolute Gasteiger partial charge is 0.0138 e. The Bertz CT molecular complexity index is 205. The maximum absolute atomic E-state index is 5.97. The molecule has 0 spiro atoms. The van der Waals surface area contributed by atoms with E-state index in [-0.39, 0.29) is 0 Å². The van der Waals surface area contributed by atoms with E-state index in [1.54, 1.807) is 0 Å². The summed E-state index contributed by atoms with van der Waals surface area (Å²) in [4.78, 5) is 2.61. The van der Waals surface area contributed by atoms with Crippen LogP contribution in [0, 0.1) is 11.8 Å². The van der Waals surface area contributed by atoms with Gasteiger partial charge in [-0.15, -0.1) is 0 Å². The molecule has 1 saturated carbocycles. The van der Waals surface area contributed by atoms with Crippen LogP contribution >= 0.6 is 0 Å². The molecular formula is C15H32N2. The molecule has 0 saturated heterocycles. The number of nitrogens with zero attached hydrogens (tertiary/aromatic N) is 1. The van der Waals surface area contributed by atoms with Crippen molar-refractivity contribution >= 4 is 0 Å². The van der Waals surface area contributed by atoms with Crippen molar-refractivity contribution in [3.63, 3.8) is 0 Å². The second kappa shape index (κ2) is 7.38. The zero-order valence-electron chi connectivity index (χ0n) is 12.3. The number of hydrogen-bond donors (Lipinski definition) is 1. The molecule has 0 aliphatic heterocycles. The largest absolute Gasteiger partial charge is 0.330 e. The lowest BCUT2D eigenvalue weighted by molar-refractivity contribution is 0.0707. The summed E-state index contributed by atoms with van der Waals surface area (Å²) < 4.78 is 0. The third kappa shape index (κ3) is 3.96. The van der Waals surface area contributed by atoms with Crippen molar-refractivity contribution < 1.29 is 0 Å². The summed E-state index contributed by atoms with van der Waals surface area (Å²) >= 11 is 0. The van der Waals surface area contributed by atoms with Crippen LogP contribution in [0.5, 0.6) is 0 Å². The lowest BCUT2D eigenvalue weighted by Crippen LogP contribution is -2.48. The standard InChI is InChI=1S/C15H32N2/c1-5-7-12(3)17(4)15-10-13(6-2)8-9-14(15)11-16/h12-15H,5-11,16H2,1-4H3. The fourth-order valence-corrected chi connectivity index (χ4v) is 3.39. The van der Waals surface area contributed by atoms with Crippen molar-refractivity contribution in [2.45, 2.75) is 71.4 Å². The summed E-state index contributed by atoms with van der Waals surface area (Å²) in [7, 11) is 2.31. The van der Waals surface area contributed by atoms with Crippen LogP contribution in [-0.2, 0) is 0 Å². The van der Waals surface area contributed by atoms with E-state index in [1.165, 1.54) is 38.5 Å². The van der Waals surface area contributed by atoms with Gasteiger partial charge in [-0.2, -0.15) is 0 Å². The second-order valence-corrected chi connectivity index (χ2v) is 5.95. The van der Waals surface area contributed by atoms with E-state index in [1.807, 2.05) is 0 Å². The van der Waals surface area contributed by atoms with Crippen LogP contribution in [0.25, 0.3) is 0 Å². The zero-order valence-corrected chi connectivity index (χ0v) is 12.3. The predicted molar refractivity (Wildman–Crippen MR) is 76.1 cm³/mol. The maximum atomic E-state index is 5.97. The van der Waals surface area contributed by atoms with Crippen LogP contribution in [0.1, 0.15) is 59.3 Å². The van der Waals surface area contributed by atoms with Crippen LogP contribution in [0.3, 0.4) is 0 Å². The Morgan fingerprint density at radius 1 is 1.29 bits per heavy atom. The van der Waals surface area contributed by atoms with Gasteiger partial charge in [0.25, 0.3) is 0 Å². The first-order chi connectivity index (χ1) is 8.13. The lowest BCUT2D eigenvalue weighted by atomic mass is 9.76. The first kappa shape index (κ1) is 15.0. The van der Waals surface area contributed by atoms with E-state index in [9.17, 15) is 0 Å². The molecule has 0 aromatic carbocycles. The first-order valence-corrected chi connectivity index (χ1v) is 7.55. The number of nitrogens with two attached hydrogens (primary N) is 1. The summed E-state index contributed by atoms with van der Waals surface area (Å²) in [6.07, 6.45) is 8.02. The van der Waals surface area contributed by atoms with Crippen LogP contribution < -0.4 is 5.73 Å². The minimum atomic E-state index is 0.703. The molecule has 0 aromatic rings. The minimum Gasteiger partial charge on any atom is -0.330 e. The predicted octanol–water partition coefficient (Wildman–Crippen LogP) is 3.26. The minimum absolute atomic E-state index is 0.703.